The van der Waals surface area contributed by atoms with Gasteiger partial charge in [0.25, 0.3) is 0 Å². The van der Waals surface area contributed by atoms with Crippen LogP contribution in [-0.2, 0) is 14.6 Å². The number of hydrogen-bond acceptors (Lipinski definition) is 7. The summed E-state index contributed by atoms with van der Waals surface area (Å²) >= 11 is 0. The molecule has 9 heteroatoms. The highest BCUT2D eigenvalue weighted by Crippen LogP contribution is 2.18. The molecule has 0 saturated carbocycles. The third-order valence-electron chi connectivity index (χ3n) is 3.86. The van der Waals surface area contributed by atoms with Gasteiger partial charge in [-0.3, -0.25) is 4.79 Å². The minimum atomic E-state index is -3.71. The zero-order valence-corrected chi connectivity index (χ0v) is 15.9. The zero-order chi connectivity index (χ0) is 20.5. The van der Waals surface area contributed by atoms with E-state index in [1.165, 1.54) is 10.8 Å². The molecule has 0 N–H and O–H groups in total. The Labute approximate surface area is 160 Å². The fourth-order valence-electron chi connectivity index (χ4n) is 2.54. The standard InChI is InChI=1S/C19H15N3O5S/c1-4-12-6-8-13(9-7-12)22-11-15(18(24)27-5-2)16(23)14-10-20-19(21-17(14)22)28(3,25)26/h1,6-11H,5H2,2-3H3. The van der Waals surface area contributed by atoms with Crippen molar-refractivity contribution < 1.29 is 17.9 Å². The summed E-state index contributed by atoms with van der Waals surface area (Å²) in [6, 6.07) is 6.66. The van der Waals surface area contributed by atoms with Gasteiger partial charge in [-0.25, -0.2) is 18.2 Å². The van der Waals surface area contributed by atoms with E-state index in [-0.39, 0.29) is 23.2 Å². The Morgan fingerprint density at radius 1 is 1.29 bits per heavy atom. The minimum absolute atomic E-state index is 0.0148. The monoisotopic (exact) mass is 397 g/mol. The molecule has 0 aliphatic carbocycles. The van der Waals surface area contributed by atoms with Gasteiger partial charge in [0.2, 0.25) is 20.4 Å². The molecule has 3 aromatic rings. The Hall–Kier alpha value is -3.51. The zero-order valence-electron chi connectivity index (χ0n) is 15.0. The van der Waals surface area contributed by atoms with Crippen LogP contribution in [0.5, 0.6) is 0 Å². The van der Waals surface area contributed by atoms with Crippen molar-refractivity contribution in [2.24, 2.45) is 0 Å². The van der Waals surface area contributed by atoms with E-state index in [0.717, 1.165) is 12.5 Å². The summed E-state index contributed by atoms with van der Waals surface area (Å²) in [5, 5.41) is -0.448. The van der Waals surface area contributed by atoms with Gasteiger partial charge in [-0.2, -0.15) is 4.98 Å². The van der Waals surface area contributed by atoms with Gasteiger partial charge < -0.3 is 9.30 Å². The van der Waals surface area contributed by atoms with E-state index >= 15 is 0 Å². The van der Waals surface area contributed by atoms with E-state index in [2.05, 4.69) is 15.9 Å². The van der Waals surface area contributed by atoms with Crippen molar-refractivity contribution in [3.8, 4) is 18.0 Å². The topological polar surface area (TPSA) is 108 Å². The van der Waals surface area contributed by atoms with Gasteiger partial charge in [0.15, 0.2) is 5.65 Å². The molecule has 2 aromatic heterocycles. The van der Waals surface area contributed by atoms with Crippen molar-refractivity contribution in [1.29, 1.82) is 0 Å². The van der Waals surface area contributed by atoms with Gasteiger partial charge >= 0.3 is 5.97 Å². The average molecular weight is 397 g/mol. The lowest BCUT2D eigenvalue weighted by Crippen LogP contribution is -2.22. The number of rotatable bonds is 4. The molecule has 0 spiro atoms. The van der Waals surface area contributed by atoms with E-state index < -0.39 is 26.4 Å². The molecule has 142 valence electrons. The second-order valence-electron chi connectivity index (χ2n) is 5.82. The first-order valence-corrected chi connectivity index (χ1v) is 10.0. The minimum Gasteiger partial charge on any atom is -0.462 e. The molecule has 0 atom stereocenters. The van der Waals surface area contributed by atoms with Crippen molar-refractivity contribution in [3.05, 3.63) is 58.0 Å². The van der Waals surface area contributed by atoms with Gasteiger partial charge in [0, 0.05) is 29.9 Å². The van der Waals surface area contributed by atoms with E-state index in [4.69, 9.17) is 11.2 Å². The number of nitrogens with zero attached hydrogens (tertiary/aromatic N) is 3. The highest BCUT2D eigenvalue weighted by atomic mass is 32.2. The summed E-state index contributed by atoms with van der Waals surface area (Å²) in [4.78, 5) is 32.7. The molecule has 0 aliphatic heterocycles. The second-order valence-corrected chi connectivity index (χ2v) is 7.73. The van der Waals surface area contributed by atoms with Crippen LogP contribution >= 0.6 is 0 Å². The maximum Gasteiger partial charge on any atom is 0.343 e. The molecule has 1 aromatic carbocycles. The van der Waals surface area contributed by atoms with Crippen LogP contribution in [0.1, 0.15) is 22.8 Å². The van der Waals surface area contributed by atoms with Crippen LogP contribution in [0, 0.1) is 12.3 Å². The predicted molar refractivity (Wildman–Crippen MR) is 102 cm³/mol. The second kappa shape index (κ2) is 7.25. The van der Waals surface area contributed by atoms with Gasteiger partial charge in [-0.15, -0.1) is 6.42 Å². The van der Waals surface area contributed by atoms with Crippen LogP contribution in [0.4, 0.5) is 0 Å². The largest absolute Gasteiger partial charge is 0.462 e. The number of sulfone groups is 1. The molecule has 0 fully saturated rings. The molecule has 2 heterocycles. The Kier molecular flexibility index (Phi) is 4.98. The number of carbonyl (C=O) groups excluding carboxylic acids is 1. The van der Waals surface area contributed by atoms with E-state index in [1.54, 1.807) is 31.2 Å². The van der Waals surface area contributed by atoms with Crippen molar-refractivity contribution in [1.82, 2.24) is 14.5 Å². The average Bonchev–Trinajstić information content (AvgIpc) is 2.67. The van der Waals surface area contributed by atoms with Crippen LogP contribution < -0.4 is 5.43 Å². The summed E-state index contributed by atoms with van der Waals surface area (Å²) < 4.78 is 30.1. The molecule has 28 heavy (non-hydrogen) atoms. The molecular formula is C19H15N3O5S. The lowest BCUT2D eigenvalue weighted by atomic mass is 10.1. The number of carbonyl (C=O) groups is 1. The SMILES string of the molecule is C#Cc1ccc(-n2cc(C(=O)OCC)c(=O)c3cnc(S(C)(=O)=O)nc32)cc1. The summed E-state index contributed by atoms with van der Waals surface area (Å²) in [6.45, 7) is 1.72. The quantitative estimate of drug-likeness (QED) is 0.371. The maximum absolute atomic E-state index is 12.7. The van der Waals surface area contributed by atoms with E-state index in [0.29, 0.717) is 11.3 Å². The lowest BCUT2D eigenvalue weighted by molar-refractivity contribution is 0.0524. The molecule has 0 radical (unpaired) electrons. The summed E-state index contributed by atoms with van der Waals surface area (Å²) in [5.41, 5.74) is 0.330. The molecule has 0 saturated heterocycles. The molecule has 8 nitrogen and oxygen atoms in total. The molecule has 0 aliphatic rings. The number of esters is 1. The number of fused-ring (bicyclic) bond motifs is 1. The first-order chi connectivity index (χ1) is 13.3. The highest BCUT2D eigenvalue weighted by molar-refractivity contribution is 7.90. The van der Waals surface area contributed by atoms with Crippen LogP contribution in [0.15, 0.2) is 46.6 Å². The maximum atomic E-state index is 12.7. The fourth-order valence-corrected chi connectivity index (χ4v) is 3.04. The van der Waals surface area contributed by atoms with Crippen molar-refractivity contribution in [3.63, 3.8) is 0 Å². The Morgan fingerprint density at radius 2 is 1.96 bits per heavy atom. The number of aromatic nitrogens is 3. The molecule has 0 unspecified atom stereocenters. The first-order valence-electron chi connectivity index (χ1n) is 8.13. The van der Waals surface area contributed by atoms with Crippen LogP contribution in [-0.4, -0.2) is 41.8 Å². The molecule has 3 rings (SSSR count). The van der Waals surface area contributed by atoms with Crippen molar-refractivity contribution in [2.75, 3.05) is 12.9 Å². The van der Waals surface area contributed by atoms with Crippen LogP contribution in [0.25, 0.3) is 16.7 Å². The lowest BCUT2D eigenvalue weighted by Gasteiger charge is -2.13. The van der Waals surface area contributed by atoms with E-state index in [1.807, 2.05) is 0 Å². The number of ether oxygens (including phenoxy) is 1. The Balaban J connectivity index is 2.39. The number of hydrogen-bond donors (Lipinski definition) is 0. The Morgan fingerprint density at radius 3 is 2.54 bits per heavy atom. The number of pyridine rings is 1. The normalized spacial score (nSPS) is 11.2. The smallest absolute Gasteiger partial charge is 0.343 e. The van der Waals surface area contributed by atoms with Gasteiger partial charge in [-0.05, 0) is 31.2 Å². The Bertz CT molecular complexity index is 1290. The van der Waals surface area contributed by atoms with Crippen LogP contribution in [0.3, 0.4) is 0 Å². The summed E-state index contributed by atoms with van der Waals surface area (Å²) in [5.74, 6) is 1.69. The van der Waals surface area contributed by atoms with Gasteiger partial charge in [-0.1, -0.05) is 5.92 Å². The highest BCUT2D eigenvalue weighted by Gasteiger charge is 2.20. The molecule has 0 amide bonds. The van der Waals surface area contributed by atoms with Crippen molar-refractivity contribution in [2.45, 2.75) is 12.1 Å². The first kappa shape index (κ1) is 19.3. The third-order valence-corrected chi connectivity index (χ3v) is 4.72. The number of terminal acetylenes is 1. The predicted octanol–water partition coefficient (Wildman–Crippen LogP) is 1.34. The molecular weight excluding hydrogens is 382 g/mol. The number of benzene rings is 1. The van der Waals surface area contributed by atoms with E-state index in [9.17, 15) is 18.0 Å². The van der Waals surface area contributed by atoms with Crippen molar-refractivity contribution >= 4 is 26.8 Å². The molecule has 0 bridgehead atoms. The summed E-state index contributed by atoms with van der Waals surface area (Å²) in [7, 11) is -3.71. The van der Waals surface area contributed by atoms with Crippen LogP contribution in [0.2, 0.25) is 0 Å². The fraction of sp³-hybridized carbons (Fsp3) is 0.158. The summed E-state index contributed by atoms with van der Waals surface area (Å²) in [6.07, 6.45) is 8.69. The van der Waals surface area contributed by atoms with Gasteiger partial charge in [0.05, 0.1) is 12.0 Å². The van der Waals surface area contributed by atoms with Gasteiger partial charge in [0.1, 0.15) is 5.56 Å². The third kappa shape index (κ3) is 3.50.